The van der Waals surface area contributed by atoms with Gasteiger partial charge in [-0.25, -0.2) is 8.78 Å². The Kier molecular flexibility index (Phi) is 4.92. The SMILES string of the molecule is CNC(c1ccc(F)cc1F)c1cc(I)ccc1Br. The average molecular weight is 438 g/mol. The van der Waals surface area contributed by atoms with Crippen LogP contribution in [0.15, 0.2) is 40.9 Å². The summed E-state index contributed by atoms with van der Waals surface area (Å²) >= 11 is 5.67. The molecule has 0 spiro atoms. The molecule has 2 rings (SSSR count). The number of benzene rings is 2. The summed E-state index contributed by atoms with van der Waals surface area (Å²) < 4.78 is 28.8. The van der Waals surface area contributed by atoms with E-state index in [-0.39, 0.29) is 6.04 Å². The van der Waals surface area contributed by atoms with Gasteiger partial charge in [0.2, 0.25) is 0 Å². The van der Waals surface area contributed by atoms with Crippen LogP contribution < -0.4 is 5.32 Å². The van der Waals surface area contributed by atoms with Crippen molar-refractivity contribution < 1.29 is 8.78 Å². The van der Waals surface area contributed by atoms with Crippen molar-refractivity contribution in [3.8, 4) is 0 Å². The van der Waals surface area contributed by atoms with Crippen LogP contribution in [0.2, 0.25) is 0 Å². The topological polar surface area (TPSA) is 12.0 Å². The summed E-state index contributed by atoms with van der Waals surface area (Å²) in [4.78, 5) is 0. The molecular weight excluding hydrogens is 427 g/mol. The second-order valence-electron chi connectivity index (χ2n) is 4.05. The lowest BCUT2D eigenvalue weighted by molar-refractivity contribution is 0.551. The van der Waals surface area contributed by atoms with Crippen LogP contribution in [0.4, 0.5) is 8.78 Å². The van der Waals surface area contributed by atoms with E-state index in [2.05, 4.69) is 43.8 Å². The van der Waals surface area contributed by atoms with Gasteiger partial charge in [-0.15, -0.1) is 0 Å². The molecule has 0 aliphatic rings. The summed E-state index contributed by atoms with van der Waals surface area (Å²) in [7, 11) is 1.75. The quantitative estimate of drug-likeness (QED) is 0.689. The molecule has 1 atom stereocenters. The molecule has 100 valence electrons. The van der Waals surface area contributed by atoms with Crippen LogP contribution in [0.3, 0.4) is 0 Å². The van der Waals surface area contributed by atoms with Crippen LogP contribution in [0.1, 0.15) is 17.2 Å². The van der Waals surface area contributed by atoms with E-state index in [1.807, 2.05) is 18.2 Å². The zero-order valence-corrected chi connectivity index (χ0v) is 13.8. The minimum Gasteiger partial charge on any atom is -0.309 e. The molecular formula is C14H11BrF2IN. The number of hydrogen-bond acceptors (Lipinski definition) is 1. The summed E-state index contributed by atoms with van der Waals surface area (Å²) in [5.74, 6) is -1.12. The van der Waals surface area contributed by atoms with Crippen molar-refractivity contribution in [2.24, 2.45) is 0 Å². The van der Waals surface area contributed by atoms with E-state index in [9.17, 15) is 8.78 Å². The lowest BCUT2D eigenvalue weighted by atomic mass is 9.98. The summed E-state index contributed by atoms with van der Waals surface area (Å²) in [5, 5.41) is 3.07. The predicted octanol–water partition coefficient (Wildman–Crippen LogP) is 4.64. The van der Waals surface area contributed by atoms with Gasteiger partial charge in [0.1, 0.15) is 11.6 Å². The van der Waals surface area contributed by atoms with Crippen molar-refractivity contribution >= 4 is 38.5 Å². The molecule has 0 amide bonds. The van der Waals surface area contributed by atoms with Crippen molar-refractivity contribution in [3.05, 3.63) is 67.2 Å². The van der Waals surface area contributed by atoms with Gasteiger partial charge in [-0.1, -0.05) is 22.0 Å². The molecule has 0 fully saturated rings. The van der Waals surface area contributed by atoms with Crippen LogP contribution in [-0.2, 0) is 0 Å². The monoisotopic (exact) mass is 437 g/mol. The van der Waals surface area contributed by atoms with Gasteiger partial charge < -0.3 is 5.32 Å². The van der Waals surface area contributed by atoms with Crippen molar-refractivity contribution in [1.82, 2.24) is 5.32 Å². The van der Waals surface area contributed by atoms with Crippen molar-refractivity contribution in [2.45, 2.75) is 6.04 Å². The molecule has 0 aliphatic carbocycles. The van der Waals surface area contributed by atoms with Crippen molar-refractivity contribution in [1.29, 1.82) is 0 Å². The van der Waals surface area contributed by atoms with Crippen LogP contribution in [0.25, 0.3) is 0 Å². The maximum absolute atomic E-state index is 13.9. The Hall–Kier alpha value is -0.530. The summed E-state index contributed by atoms with van der Waals surface area (Å²) in [6.07, 6.45) is 0. The van der Waals surface area contributed by atoms with Gasteiger partial charge in [-0.05, 0) is 59.5 Å². The van der Waals surface area contributed by atoms with Crippen molar-refractivity contribution in [2.75, 3.05) is 7.05 Å². The fourth-order valence-electron chi connectivity index (χ4n) is 1.95. The maximum Gasteiger partial charge on any atom is 0.131 e. The van der Waals surface area contributed by atoms with Crippen LogP contribution in [0, 0.1) is 15.2 Å². The minimum atomic E-state index is -0.571. The van der Waals surface area contributed by atoms with E-state index in [0.717, 1.165) is 19.7 Å². The molecule has 0 saturated carbocycles. The second kappa shape index (κ2) is 6.28. The van der Waals surface area contributed by atoms with Gasteiger partial charge in [-0.3, -0.25) is 0 Å². The highest BCUT2D eigenvalue weighted by atomic mass is 127. The van der Waals surface area contributed by atoms with E-state index in [1.165, 1.54) is 12.1 Å². The molecule has 0 aliphatic heterocycles. The van der Waals surface area contributed by atoms with E-state index in [1.54, 1.807) is 7.05 Å². The Morgan fingerprint density at radius 3 is 2.47 bits per heavy atom. The number of halogens is 4. The first-order chi connectivity index (χ1) is 9.02. The Bertz CT molecular complexity index is 604. The lowest BCUT2D eigenvalue weighted by Gasteiger charge is -2.19. The molecule has 2 aromatic carbocycles. The van der Waals surface area contributed by atoms with Gasteiger partial charge in [0.15, 0.2) is 0 Å². The van der Waals surface area contributed by atoms with Gasteiger partial charge >= 0.3 is 0 Å². The first-order valence-corrected chi connectivity index (χ1v) is 7.47. The third-order valence-corrected chi connectivity index (χ3v) is 4.22. The van der Waals surface area contributed by atoms with Gasteiger partial charge in [0.25, 0.3) is 0 Å². The molecule has 0 heterocycles. The number of rotatable bonds is 3. The van der Waals surface area contributed by atoms with Crippen LogP contribution >= 0.6 is 38.5 Å². The van der Waals surface area contributed by atoms with E-state index >= 15 is 0 Å². The predicted molar refractivity (Wildman–Crippen MR) is 84.1 cm³/mol. The second-order valence-corrected chi connectivity index (χ2v) is 6.15. The number of nitrogens with one attached hydrogen (secondary N) is 1. The molecule has 0 saturated heterocycles. The van der Waals surface area contributed by atoms with Gasteiger partial charge in [0.05, 0.1) is 6.04 Å². The largest absolute Gasteiger partial charge is 0.309 e. The maximum atomic E-state index is 13.9. The first-order valence-electron chi connectivity index (χ1n) is 5.60. The molecule has 5 heteroatoms. The number of hydrogen-bond donors (Lipinski definition) is 1. The minimum absolute atomic E-state index is 0.329. The first kappa shape index (κ1) is 14.9. The van der Waals surface area contributed by atoms with E-state index < -0.39 is 11.6 Å². The zero-order chi connectivity index (χ0) is 14.0. The fraction of sp³-hybridized carbons (Fsp3) is 0.143. The molecule has 0 bridgehead atoms. The Morgan fingerprint density at radius 2 is 1.84 bits per heavy atom. The average Bonchev–Trinajstić information content (AvgIpc) is 2.36. The summed E-state index contributed by atoms with van der Waals surface area (Å²) in [6, 6.07) is 9.16. The Morgan fingerprint density at radius 1 is 1.11 bits per heavy atom. The Labute approximate surface area is 132 Å². The summed E-state index contributed by atoms with van der Waals surface area (Å²) in [6.45, 7) is 0. The lowest BCUT2D eigenvalue weighted by Crippen LogP contribution is -2.19. The molecule has 2 aromatic rings. The standard InChI is InChI=1S/C14H11BrF2IN/c1-19-14(10-4-2-8(16)6-13(10)17)11-7-9(18)3-5-12(11)15/h2-7,14,19H,1H3. The molecule has 1 nitrogen and oxygen atoms in total. The third kappa shape index (κ3) is 3.32. The van der Waals surface area contributed by atoms with Crippen LogP contribution in [0.5, 0.6) is 0 Å². The smallest absolute Gasteiger partial charge is 0.131 e. The highest BCUT2D eigenvalue weighted by Crippen LogP contribution is 2.31. The zero-order valence-electron chi connectivity index (χ0n) is 10.1. The third-order valence-electron chi connectivity index (χ3n) is 2.83. The van der Waals surface area contributed by atoms with E-state index in [0.29, 0.717) is 5.56 Å². The fourth-order valence-corrected chi connectivity index (χ4v) is 2.94. The van der Waals surface area contributed by atoms with E-state index in [4.69, 9.17) is 0 Å². The Balaban J connectivity index is 2.52. The molecule has 0 aromatic heterocycles. The molecule has 19 heavy (non-hydrogen) atoms. The highest BCUT2D eigenvalue weighted by Gasteiger charge is 2.19. The van der Waals surface area contributed by atoms with Gasteiger partial charge in [0, 0.05) is 19.7 Å². The van der Waals surface area contributed by atoms with Crippen molar-refractivity contribution in [3.63, 3.8) is 0 Å². The van der Waals surface area contributed by atoms with Gasteiger partial charge in [-0.2, -0.15) is 0 Å². The highest BCUT2D eigenvalue weighted by molar-refractivity contribution is 14.1. The molecule has 1 unspecified atom stereocenters. The molecule has 0 radical (unpaired) electrons. The molecule has 1 N–H and O–H groups in total. The summed E-state index contributed by atoms with van der Waals surface area (Å²) in [5.41, 5.74) is 1.34. The van der Waals surface area contributed by atoms with Crippen LogP contribution in [-0.4, -0.2) is 7.05 Å². The normalized spacial score (nSPS) is 12.5.